The summed E-state index contributed by atoms with van der Waals surface area (Å²) in [6.07, 6.45) is 0. The molecule has 0 saturated carbocycles. The van der Waals surface area contributed by atoms with Gasteiger partial charge in [-0.15, -0.1) is 5.54 Å². The number of methoxy groups -OCH3 is 2. The first kappa shape index (κ1) is 24.3. The summed E-state index contributed by atoms with van der Waals surface area (Å²) in [5.74, 6) is 4.79. The molecule has 0 N–H and O–H groups in total. The smallest absolute Gasteiger partial charge is 0.308 e. The molecule has 0 bridgehead atoms. The number of carbonyl (C=O) groups excluding carboxylic acids is 1. The highest BCUT2D eigenvalue weighted by Gasteiger charge is 2.25. The Morgan fingerprint density at radius 1 is 0.806 bits per heavy atom. The molecule has 2 aromatic carbocycles. The van der Waals surface area contributed by atoms with Gasteiger partial charge in [0.05, 0.1) is 14.2 Å². The lowest BCUT2D eigenvalue weighted by molar-refractivity contribution is -0.136. The molecule has 0 spiro atoms. The van der Waals surface area contributed by atoms with E-state index in [9.17, 15) is 4.79 Å². The third kappa shape index (κ3) is 6.25. The first-order valence-electron chi connectivity index (χ1n) is 10.7. The molecular weight excluding hydrogens is 404 g/mol. The zero-order valence-corrected chi connectivity index (χ0v) is 20.4. The Balaban J connectivity index is 2.77. The summed E-state index contributed by atoms with van der Waals surface area (Å²) in [4.78, 5) is 12.0. The highest BCUT2D eigenvalue weighted by Crippen LogP contribution is 2.31. The normalized spacial score (nSPS) is 10.5. The number of esters is 1. The summed E-state index contributed by atoms with van der Waals surface area (Å²) < 4.78 is 16.3. The molecule has 0 saturated heterocycles. The number of hydrogen-bond donors (Lipinski definition) is 0. The topological polar surface area (TPSA) is 44.8 Å². The van der Waals surface area contributed by atoms with Crippen molar-refractivity contribution < 1.29 is 19.0 Å². The average molecular weight is 437 g/mol. The fraction of sp³-hybridized carbons (Fsp3) is 0.346. The Labute approximate surface area is 187 Å². The van der Waals surface area contributed by atoms with Crippen molar-refractivity contribution in [3.8, 4) is 23.0 Å². The van der Waals surface area contributed by atoms with Gasteiger partial charge in [-0.1, -0.05) is 45.0 Å². The second kappa shape index (κ2) is 11.4. The van der Waals surface area contributed by atoms with Gasteiger partial charge in [-0.2, -0.15) is 0 Å². The Bertz CT molecular complexity index is 901. The zero-order valence-electron chi connectivity index (χ0n) is 19.4. The molecule has 164 valence electrons. The minimum absolute atomic E-state index is 0.384. The van der Waals surface area contributed by atoms with E-state index >= 15 is 0 Å². The average Bonchev–Trinajstić information content (AvgIpc) is 2.81. The van der Waals surface area contributed by atoms with E-state index in [1.807, 2.05) is 48.5 Å². The molecule has 0 atom stereocenters. The Morgan fingerprint density at radius 2 is 1.23 bits per heavy atom. The van der Waals surface area contributed by atoms with Gasteiger partial charge in [0.2, 0.25) is 0 Å². The third-order valence-electron chi connectivity index (χ3n) is 5.70. The van der Waals surface area contributed by atoms with Crippen molar-refractivity contribution in [3.05, 3.63) is 65.4 Å². The molecule has 0 fully saturated rings. The highest BCUT2D eigenvalue weighted by molar-refractivity contribution is 6.87. The summed E-state index contributed by atoms with van der Waals surface area (Å²) in [5.41, 5.74) is 6.13. The van der Waals surface area contributed by atoms with Crippen LogP contribution in [0.25, 0.3) is 5.57 Å². The van der Waals surface area contributed by atoms with E-state index in [4.69, 9.17) is 14.2 Å². The minimum atomic E-state index is -1.74. The maximum Gasteiger partial charge on any atom is 0.308 e. The summed E-state index contributed by atoms with van der Waals surface area (Å²) in [5, 5.41) is 0. The molecule has 0 aliphatic heterocycles. The molecule has 31 heavy (non-hydrogen) atoms. The number of rotatable bonds is 8. The van der Waals surface area contributed by atoms with Gasteiger partial charge in [0.1, 0.15) is 19.6 Å². The van der Waals surface area contributed by atoms with E-state index < -0.39 is 8.07 Å². The maximum atomic E-state index is 12.0. The van der Waals surface area contributed by atoms with E-state index in [-0.39, 0.29) is 5.97 Å². The van der Waals surface area contributed by atoms with Crippen LogP contribution >= 0.6 is 0 Å². The van der Waals surface area contributed by atoms with Crippen LogP contribution in [0.5, 0.6) is 11.5 Å². The van der Waals surface area contributed by atoms with Gasteiger partial charge in [-0.05, 0) is 59.4 Å². The second-order valence-corrected chi connectivity index (χ2v) is 12.3. The van der Waals surface area contributed by atoms with Gasteiger partial charge in [0.15, 0.2) is 5.76 Å². The number of benzene rings is 2. The van der Waals surface area contributed by atoms with E-state index in [0.29, 0.717) is 5.76 Å². The molecule has 0 unspecified atom stereocenters. The van der Waals surface area contributed by atoms with Crippen LogP contribution < -0.4 is 9.47 Å². The van der Waals surface area contributed by atoms with Crippen LogP contribution in [0, 0.1) is 11.5 Å². The predicted octanol–water partition coefficient (Wildman–Crippen LogP) is 6.08. The van der Waals surface area contributed by atoms with Gasteiger partial charge >= 0.3 is 5.97 Å². The summed E-state index contributed by atoms with van der Waals surface area (Å²) in [6, 6.07) is 18.6. The molecule has 0 heterocycles. The van der Waals surface area contributed by atoms with E-state index in [2.05, 4.69) is 32.2 Å². The molecule has 2 rings (SSSR count). The molecule has 4 nitrogen and oxygen atoms in total. The van der Waals surface area contributed by atoms with Crippen LogP contribution in [-0.2, 0) is 9.53 Å². The van der Waals surface area contributed by atoms with Crippen LogP contribution in [0.4, 0.5) is 0 Å². The monoisotopic (exact) mass is 436 g/mol. The Morgan fingerprint density at radius 3 is 1.55 bits per heavy atom. The lowest BCUT2D eigenvalue weighted by Crippen LogP contribution is -2.29. The van der Waals surface area contributed by atoms with Crippen molar-refractivity contribution in [2.75, 3.05) is 14.2 Å². The lowest BCUT2D eigenvalue weighted by atomic mass is 9.96. The van der Waals surface area contributed by atoms with Crippen LogP contribution in [0.1, 0.15) is 38.8 Å². The van der Waals surface area contributed by atoms with E-state index in [1.165, 1.54) is 6.92 Å². The SMILES string of the molecule is CC[Si](C#CC(OC(C)=O)=C(c1ccc(OC)cc1)c1ccc(OC)cc1)(CC)CC. The molecule has 0 aliphatic rings. The maximum absolute atomic E-state index is 12.0. The summed E-state index contributed by atoms with van der Waals surface area (Å²) in [6.45, 7) is 8.02. The van der Waals surface area contributed by atoms with Crippen molar-refractivity contribution in [1.29, 1.82) is 0 Å². The number of hydrogen-bond acceptors (Lipinski definition) is 4. The largest absolute Gasteiger partial charge is 0.497 e. The Hall–Kier alpha value is -2.97. The molecule has 2 aromatic rings. The lowest BCUT2D eigenvalue weighted by Gasteiger charge is -2.20. The second-order valence-electron chi connectivity index (χ2n) is 7.35. The molecular formula is C26H32O4Si. The van der Waals surface area contributed by atoms with Crippen molar-refractivity contribution in [2.45, 2.75) is 45.8 Å². The van der Waals surface area contributed by atoms with Crippen LogP contribution in [-0.4, -0.2) is 28.3 Å². The van der Waals surface area contributed by atoms with Crippen LogP contribution in [0.15, 0.2) is 54.3 Å². The van der Waals surface area contributed by atoms with Crippen molar-refractivity contribution >= 4 is 19.6 Å². The molecule has 0 aromatic heterocycles. The predicted molar refractivity (Wildman–Crippen MR) is 129 cm³/mol. The van der Waals surface area contributed by atoms with E-state index in [0.717, 1.165) is 46.3 Å². The van der Waals surface area contributed by atoms with Gasteiger partial charge < -0.3 is 14.2 Å². The van der Waals surface area contributed by atoms with Gasteiger partial charge in [-0.3, -0.25) is 4.79 Å². The minimum Gasteiger partial charge on any atom is -0.497 e. The zero-order chi connectivity index (χ0) is 22.9. The first-order chi connectivity index (χ1) is 14.9. The van der Waals surface area contributed by atoms with E-state index in [1.54, 1.807) is 14.2 Å². The summed E-state index contributed by atoms with van der Waals surface area (Å²) >= 11 is 0. The molecule has 0 amide bonds. The fourth-order valence-corrected chi connectivity index (χ4v) is 5.84. The fourth-order valence-electron chi connectivity index (χ4n) is 3.43. The quantitative estimate of drug-likeness (QED) is 0.218. The van der Waals surface area contributed by atoms with Gasteiger partial charge in [-0.25, -0.2) is 0 Å². The van der Waals surface area contributed by atoms with Crippen molar-refractivity contribution in [1.82, 2.24) is 0 Å². The summed E-state index contributed by atoms with van der Waals surface area (Å²) in [7, 11) is 1.53. The van der Waals surface area contributed by atoms with Gasteiger partial charge in [0, 0.05) is 12.5 Å². The Kier molecular flexibility index (Phi) is 8.96. The molecule has 0 aliphatic carbocycles. The van der Waals surface area contributed by atoms with Crippen LogP contribution in [0.3, 0.4) is 0 Å². The number of ether oxygens (including phenoxy) is 3. The standard InChI is InChI=1S/C26H32O4Si/c1-7-31(8-2,9-3)19-18-25(30-20(4)27)26(21-10-14-23(28-5)15-11-21)22-12-16-24(29-6)17-13-22/h10-17H,7-9H2,1-6H3. The van der Waals surface area contributed by atoms with Crippen molar-refractivity contribution in [3.63, 3.8) is 0 Å². The first-order valence-corrected chi connectivity index (χ1v) is 13.3. The third-order valence-corrected chi connectivity index (χ3v) is 10.4. The molecule has 5 heteroatoms. The van der Waals surface area contributed by atoms with Crippen LogP contribution in [0.2, 0.25) is 18.1 Å². The molecule has 0 radical (unpaired) electrons. The highest BCUT2D eigenvalue weighted by atomic mass is 28.3. The number of allylic oxidation sites excluding steroid dienone is 1. The number of carbonyl (C=O) groups is 1. The van der Waals surface area contributed by atoms with Crippen molar-refractivity contribution in [2.24, 2.45) is 0 Å². The van der Waals surface area contributed by atoms with Gasteiger partial charge in [0.25, 0.3) is 0 Å².